The van der Waals surface area contributed by atoms with E-state index in [2.05, 4.69) is 0 Å². The third kappa shape index (κ3) is 5.50. The maximum absolute atomic E-state index is 12.4. The van der Waals surface area contributed by atoms with Gasteiger partial charge in [0, 0.05) is 29.2 Å². The number of carbonyl (C=O) groups is 4. The normalized spacial score (nSPS) is 15.1. The summed E-state index contributed by atoms with van der Waals surface area (Å²) in [4.78, 5) is 50.8. The number of hydrogen-bond donors (Lipinski definition) is 0. The molecule has 0 aliphatic carbocycles. The van der Waals surface area contributed by atoms with Crippen molar-refractivity contribution in [1.29, 1.82) is 0 Å². The van der Waals surface area contributed by atoms with Gasteiger partial charge in [-0.25, -0.2) is 4.79 Å². The lowest BCUT2D eigenvalue weighted by Gasteiger charge is -2.16. The number of Topliss-reactive ketones (excluding diaryl/α,β-unsaturated/α-hetero) is 1. The monoisotopic (exact) mass is 477 g/mol. The summed E-state index contributed by atoms with van der Waals surface area (Å²) in [5.41, 5.74) is 1.36. The summed E-state index contributed by atoms with van der Waals surface area (Å²) in [5, 5.41) is 0.548. The van der Waals surface area contributed by atoms with E-state index in [1.807, 2.05) is 0 Å². The zero-order valence-electron chi connectivity index (χ0n) is 18.0. The van der Waals surface area contributed by atoms with Crippen LogP contribution in [0.1, 0.15) is 27.1 Å². The molecule has 172 valence electrons. The van der Waals surface area contributed by atoms with Gasteiger partial charge in [-0.05, 0) is 60.7 Å². The maximum Gasteiger partial charge on any atom is 0.343 e. The van der Waals surface area contributed by atoms with Gasteiger partial charge in [-0.1, -0.05) is 29.8 Å². The number of amides is 1. The molecule has 0 aromatic heterocycles. The van der Waals surface area contributed by atoms with Crippen LogP contribution in [0, 0.1) is 5.92 Å². The second kappa shape index (κ2) is 10.3. The predicted molar refractivity (Wildman–Crippen MR) is 125 cm³/mol. The summed E-state index contributed by atoms with van der Waals surface area (Å²) < 4.78 is 10.5. The molecule has 4 rings (SSSR count). The van der Waals surface area contributed by atoms with Gasteiger partial charge in [0.05, 0.1) is 11.5 Å². The molecule has 8 heteroatoms. The van der Waals surface area contributed by atoms with Crippen LogP contribution >= 0.6 is 11.6 Å². The Labute approximate surface area is 200 Å². The van der Waals surface area contributed by atoms with Crippen LogP contribution in [-0.4, -0.2) is 36.8 Å². The van der Waals surface area contributed by atoms with E-state index >= 15 is 0 Å². The minimum absolute atomic E-state index is 0.0110. The molecule has 1 atom stereocenters. The van der Waals surface area contributed by atoms with Crippen LogP contribution in [0.5, 0.6) is 5.75 Å². The van der Waals surface area contributed by atoms with Crippen LogP contribution in [-0.2, 0) is 14.3 Å². The van der Waals surface area contributed by atoms with Crippen LogP contribution < -0.4 is 9.64 Å². The van der Waals surface area contributed by atoms with Crippen molar-refractivity contribution in [2.75, 3.05) is 18.1 Å². The molecule has 1 amide bonds. The first-order chi connectivity index (χ1) is 16.4. The van der Waals surface area contributed by atoms with E-state index in [9.17, 15) is 19.2 Å². The summed E-state index contributed by atoms with van der Waals surface area (Å²) in [6, 6.07) is 21.3. The second-order valence-electron chi connectivity index (χ2n) is 7.69. The molecule has 0 spiro atoms. The Kier molecular flexibility index (Phi) is 7.04. The summed E-state index contributed by atoms with van der Waals surface area (Å²) in [6.45, 7) is -0.275. The Bertz CT molecular complexity index is 1210. The van der Waals surface area contributed by atoms with Crippen molar-refractivity contribution >= 4 is 40.9 Å². The number of carbonyl (C=O) groups excluding carboxylic acids is 4. The van der Waals surface area contributed by atoms with Crippen LogP contribution in [0.25, 0.3) is 0 Å². The molecule has 1 aliphatic heterocycles. The summed E-state index contributed by atoms with van der Waals surface area (Å²) in [6.07, 6.45) is 0.0110. The lowest BCUT2D eigenvalue weighted by atomic mass is 10.1. The van der Waals surface area contributed by atoms with E-state index in [-0.39, 0.29) is 24.6 Å². The minimum atomic E-state index is -0.657. The average Bonchev–Trinajstić information content (AvgIpc) is 3.25. The van der Waals surface area contributed by atoms with Crippen molar-refractivity contribution in [1.82, 2.24) is 0 Å². The van der Waals surface area contributed by atoms with Gasteiger partial charge < -0.3 is 14.4 Å². The SMILES string of the molecule is O=C(COC(=O)[C@H]1CC(=O)N(c2ccc(Cl)cc2)C1)c1ccc(OC(=O)c2ccccc2)cc1. The van der Waals surface area contributed by atoms with Crippen molar-refractivity contribution in [2.45, 2.75) is 6.42 Å². The molecule has 1 aliphatic rings. The van der Waals surface area contributed by atoms with Gasteiger partial charge >= 0.3 is 11.9 Å². The van der Waals surface area contributed by atoms with E-state index in [0.717, 1.165) is 0 Å². The van der Waals surface area contributed by atoms with Crippen LogP contribution in [0.4, 0.5) is 5.69 Å². The first-order valence-corrected chi connectivity index (χ1v) is 10.9. The Balaban J connectivity index is 1.28. The minimum Gasteiger partial charge on any atom is -0.457 e. The molecule has 1 heterocycles. The third-order valence-corrected chi connectivity index (χ3v) is 5.59. The van der Waals surface area contributed by atoms with Crippen molar-refractivity contribution in [2.24, 2.45) is 5.92 Å². The molecule has 1 fully saturated rings. The number of anilines is 1. The van der Waals surface area contributed by atoms with Crippen molar-refractivity contribution < 1.29 is 28.7 Å². The van der Waals surface area contributed by atoms with Crippen LogP contribution in [0.3, 0.4) is 0 Å². The molecule has 0 unspecified atom stereocenters. The maximum atomic E-state index is 12.4. The van der Waals surface area contributed by atoms with E-state index < -0.39 is 30.2 Å². The van der Waals surface area contributed by atoms with E-state index in [4.69, 9.17) is 21.1 Å². The van der Waals surface area contributed by atoms with Gasteiger partial charge in [-0.2, -0.15) is 0 Å². The highest BCUT2D eigenvalue weighted by Crippen LogP contribution is 2.27. The van der Waals surface area contributed by atoms with Gasteiger partial charge in [-0.3, -0.25) is 14.4 Å². The highest BCUT2D eigenvalue weighted by molar-refractivity contribution is 6.30. The predicted octanol–water partition coefficient (Wildman–Crippen LogP) is 4.34. The van der Waals surface area contributed by atoms with Crippen LogP contribution in [0.2, 0.25) is 5.02 Å². The number of halogens is 1. The Hall–Kier alpha value is -3.97. The number of rotatable bonds is 7. The Morgan fingerprint density at radius 3 is 2.24 bits per heavy atom. The average molecular weight is 478 g/mol. The number of hydrogen-bond acceptors (Lipinski definition) is 6. The number of ketones is 1. The molecule has 0 saturated carbocycles. The topological polar surface area (TPSA) is 90.0 Å². The first-order valence-electron chi connectivity index (χ1n) is 10.5. The fraction of sp³-hybridized carbons (Fsp3) is 0.154. The molecule has 0 bridgehead atoms. The number of ether oxygens (including phenoxy) is 2. The number of nitrogens with zero attached hydrogens (tertiary/aromatic N) is 1. The lowest BCUT2D eigenvalue weighted by Crippen LogP contribution is -2.27. The van der Waals surface area contributed by atoms with Gasteiger partial charge in [0.1, 0.15) is 5.75 Å². The first kappa shape index (κ1) is 23.2. The molecular formula is C26H20ClNO6. The highest BCUT2D eigenvalue weighted by Gasteiger charge is 2.36. The quantitative estimate of drug-likeness (QED) is 0.286. The molecule has 3 aromatic carbocycles. The molecule has 7 nitrogen and oxygen atoms in total. The van der Waals surface area contributed by atoms with E-state index in [0.29, 0.717) is 21.8 Å². The smallest absolute Gasteiger partial charge is 0.343 e. The van der Waals surface area contributed by atoms with Crippen molar-refractivity contribution in [3.05, 3.63) is 95.0 Å². The van der Waals surface area contributed by atoms with E-state index in [1.165, 1.54) is 29.2 Å². The lowest BCUT2D eigenvalue weighted by molar-refractivity contribution is -0.147. The highest BCUT2D eigenvalue weighted by atomic mass is 35.5. The largest absolute Gasteiger partial charge is 0.457 e. The molecule has 0 N–H and O–H groups in total. The molecule has 3 aromatic rings. The molecule has 34 heavy (non-hydrogen) atoms. The summed E-state index contributed by atoms with van der Waals surface area (Å²) >= 11 is 5.88. The van der Waals surface area contributed by atoms with Gasteiger partial charge in [0.2, 0.25) is 5.91 Å². The van der Waals surface area contributed by atoms with E-state index in [1.54, 1.807) is 54.6 Å². The Morgan fingerprint density at radius 2 is 1.56 bits per heavy atom. The summed E-state index contributed by atoms with van der Waals surface area (Å²) in [7, 11) is 0. The summed E-state index contributed by atoms with van der Waals surface area (Å²) in [5.74, 6) is -2.09. The fourth-order valence-electron chi connectivity index (χ4n) is 3.52. The van der Waals surface area contributed by atoms with Gasteiger partial charge in [-0.15, -0.1) is 0 Å². The molecular weight excluding hydrogens is 458 g/mol. The zero-order valence-corrected chi connectivity index (χ0v) is 18.7. The number of benzene rings is 3. The second-order valence-corrected chi connectivity index (χ2v) is 8.13. The standard InChI is InChI=1S/C26H20ClNO6/c27-20-8-10-21(11-9-20)28-15-19(14-24(28)30)25(31)33-16-23(29)17-6-12-22(13-7-17)34-26(32)18-4-2-1-3-5-18/h1-13,19H,14-16H2/t19-/m0/s1. The molecule has 0 radical (unpaired) electrons. The number of esters is 2. The zero-order chi connectivity index (χ0) is 24.1. The van der Waals surface area contributed by atoms with Crippen molar-refractivity contribution in [3.8, 4) is 5.75 Å². The third-order valence-electron chi connectivity index (χ3n) is 5.34. The van der Waals surface area contributed by atoms with Gasteiger partial charge in [0.25, 0.3) is 0 Å². The molecule has 1 saturated heterocycles. The van der Waals surface area contributed by atoms with Crippen molar-refractivity contribution in [3.63, 3.8) is 0 Å². The van der Waals surface area contributed by atoms with Gasteiger partial charge in [0.15, 0.2) is 12.4 Å². The Morgan fingerprint density at radius 1 is 0.882 bits per heavy atom. The van der Waals surface area contributed by atoms with Crippen LogP contribution in [0.15, 0.2) is 78.9 Å². The fourth-order valence-corrected chi connectivity index (χ4v) is 3.65.